The van der Waals surface area contributed by atoms with Crippen LogP contribution in [-0.4, -0.2) is 32.6 Å². The van der Waals surface area contributed by atoms with E-state index in [9.17, 15) is 4.79 Å². The van der Waals surface area contributed by atoms with Gasteiger partial charge in [0.1, 0.15) is 0 Å². The number of anilines is 1. The standard InChI is InChI=1S/C13H18N6O/c1-3-8(2)11(14)13(20)15-10-6-4-5-9(7-10)12-16-18-19-17-12/h4-8,11H,3,14H2,1-2H3,(H,15,20)(H,16,17,18,19). The third-order valence-electron chi connectivity index (χ3n) is 3.29. The number of rotatable bonds is 5. The number of aromatic nitrogens is 4. The Labute approximate surface area is 117 Å². The van der Waals surface area contributed by atoms with Crippen molar-refractivity contribution in [2.24, 2.45) is 11.7 Å². The molecule has 1 aromatic carbocycles. The Bertz CT molecular complexity index is 568. The molecule has 7 heteroatoms. The summed E-state index contributed by atoms with van der Waals surface area (Å²) in [5.74, 6) is 0.423. The van der Waals surface area contributed by atoms with E-state index in [2.05, 4.69) is 25.9 Å². The number of hydrogen-bond donors (Lipinski definition) is 3. The minimum atomic E-state index is -0.520. The van der Waals surface area contributed by atoms with Crippen LogP contribution in [0.15, 0.2) is 24.3 Å². The van der Waals surface area contributed by atoms with Gasteiger partial charge >= 0.3 is 0 Å². The highest BCUT2D eigenvalue weighted by atomic mass is 16.2. The summed E-state index contributed by atoms with van der Waals surface area (Å²) < 4.78 is 0. The van der Waals surface area contributed by atoms with Crippen molar-refractivity contribution < 1.29 is 4.79 Å². The molecule has 0 saturated heterocycles. The molecule has 0 fully saturated rings. The normalized spacial score (nSPS) is 13.8. The third kappa shape index (κ3) is 3.18. The van der Waals surface area contributed by atoms with Crippen LogP contribution in [0.25, 0.3) is 11.4 Å². The lowest BCUT2D eigenvalue weighted by atomic mass is 9.99. The molecule has 1 aromatic heterocycles. The molecule has 0 spiro atoms. The van der Waals surface area contributed by atoms with Gasteiger partial charge in [-0.15, -0.1) is 10.2 Å². The Morgan fingerprint density at radius 2 is 2.30 bits per heavy atom. The summed E-state index contributed by atoms with van der Waals surface area (Å²) in [5.41, 5.74) is 7.33. The van der Waals surface area contributed by atoms with Gasteiger partial charge in [0.2, 0.25) is 11.7 Å². The Morgan fingerprint density at radius 3 is 2.95 bits per heavy atom. The zero-order valence-electron chi connectivity index (χ0n) is 11.5. The highest BCUT2D eigenvalue weighted by Crippen LogP contribution is 2.18. The SMILES string of the molecule is CCC(C)C(N)C(=O)Nc1cccc(-c2nn[nH]n2)c1. The number of carbonyl (C=O) groups is 1. The lowest BCUT2D eigenvalue weighted by molar-refractivity contribution is -0.118. The fourth-order valence-electron chi connectivity index (χ4n) is 1.76. The molecule has 2 rings (SSSR count). The van der Waals surface area contributed by atoms with Gasteiger partial charge in [-0.25, -0.2) is 0 Å². The second-order valence-corrected chi connectivity index (χ2v) is 4.72. The first-order valence-corrected chi connectivity index (χ1v) is 6.52. The number of tetrazole rings is 1. The fraction of sp³-hybridized carbons (Fsp3) is 0.385. The summed E-state index contributed by atoms with van der Waals surface area (Å²) in [6.07, 6.45) is 0.859. The minimum absolute atomic E-state index is 0.135. The van der Waals surface area contributed by atoms with Gasteiger partial charge in [-0.05, 0) is 23.3 Å². The monoisotopic (exact) mass is 274 g/mol. The molecule has 4 N–H and O–H groups in total. The average Bonchev–Trinajstić information content (AvgIpc) is 3.00. The second-order valence-electron chi connectivity index (χ2n) is 4.72. The molecule has 7 nitrogen and oxygen atoms in total. The predicted octanol–water partition coefficient (Wildman–Crippen LogP) is 1.18. The quantitative estimate of drug-likeness (QED) is 0.758. The molecule has 0 bridgehead atoms. The molecule has 2 unspecified atom stereocenters. The van der Waals surface area contributed by atoms with Gasteiger partial charge in [-0.3, -0.25) is 4.79 Å². The average molecular weight is 274 g/mol. The van der Waals surface area contributed by atoms with E-state index in [0.29, 0.717) is 11.5 Å². The van der Waals surface area contributed by atoms with E-state index in [0.717, 1.165) is 12.0 Å². The van der Waals surface area contributed by atoms with Crippen molar-refractivity contribution in [3.8, 4) is 11.4 Å². The molecule has 2 atom stereocenters. The zero-order valence-corrected chi connectivity index (χ0v) is 11.5. The van der Waals surface area contributed by atoms with E-state index in [1.807, 2.05) is 26.0 Å². The molecule has 0 aliphatic carbocycles. The number of nitrogens with two attached hydrogens (primary N) is 1. The predicted molar refractivity (Wildman–Crippen MR) is 75.7 cm³/mol. The summed E-state index contributed by atoms with van der Waals surface area (Å²) in [5, 5.41) is 16.5. The van der Waals surface area contributed by atoms with Crippen LogP contribution in [0.1, 0.15) is 20.3 Å². The van der Waals surface area contributed by atoms with E-state index < -0.39 is 6.04 Å². The Hall–Kier alpha value is -2.28. The maximum Gasteiger partial charge on any atom is 0.241 e. The van der Waals surface area contributed by atoms with Gasteiger partial charge in [-0.2, -0.15) is 5.21 Å². The molecule has 0 aliphatic heterocycles. The summed E-state index contributed by atoms with van der Waals surface area (Å²) in [6.45, 7) is 3.97. The summed E-state index contributed by atoms with van der Waals surface area (Å²) in [7, 11) is 0. The number of hydrogen-bond acceptors (Lipinski definition) is 5. The smallest absolute Gasteiger partial charge is 0.241 e. The van der Waals surface area contributed by atoms with Crippen molar-refractivity contribution in [1.82, 2.24) is 20.6 Å². The number of amides is 1. The topological polar surface area (TPSA) is 110 Å². The van der Waals surface area contributed by atoms with Crippen LogP contribution in [0.3, 0.4) is 0 Å². The van der Waals surface area contributed by atoms with Crippen LogP contribution in [0.2, 0.25) is 0 Å². The van der Waals surface area contributed by atoms with E-state index in [1.54, 1.807) is 12.1 Å². The molecular weight excluding hydrogens is 256 g/mol. The van der Waals surface area contributed by atoms with E-state index in [4.69, 9.17) is 5.73 Å². The van der Waals surface area contributed by atoms with E-state index in [-0.39, 0.29) is 11.8 Å². The number of aromatic amines is 1. The van der Waals surface area contributed by atoms with Gasteiger partial charge in [-0.1, -0.05) is 32.4 Å². The number of nitrogens with zero attached hydrogens (tertiary/aromatic N) is 3. The zero-order chi connectivity index (χ0) is 14.5. The molecule has 0 aliphatic rings. The second kappa shape index (κ2) is 6.25. The van der Waals surface area contributed by atoms with Crippen LogP contribution in [0.5, 0.6) is 0 Å². The minimum Gasteiger partial charge on any atom is -0.325 e. The molecule has 0 radical (unpaired) electrons. The van der Waals surface area contributed by atoms with Gasteiger partial charge in [0.15, 0.2) is 0 Å². The van der Waals surface area contributed by atoms with Gasteiger partial charge < -0.3 is 11.1 Å². The summed E-state index contributed by atoms with van der Waals surface area (Å²) in [6, 6.07) is 6.72. The first-order valence-electron chi connectivity index (χ1n) is 6.52. The van der Waals surface area contributed by atoms with Gasteiger partial charge in [0.25, 0.3) is 0 Å². The highest BCUT2D eigenvalue weighted by Gasteiger charge is 2.19. The summed E-state index contributed by atoms with van der Waals surface area (Å²) >= 11 is 0. The van der Waals surface area contributed by atoms with Crippen LogP contribution in [0, 0.1) is 5.92 Å². The molecular formula is C13H18N6O. The lowest BCUT2D eigenvalue weighted by Crippen LogP contribution is -2.40. The van der Waals surface area contributed by atoms with Crippen molar-refractivity contribution in [3.63, 3.8) is 0 Å². The number of H-pyrrole nitrogens is 1. The van der Waals surface area contributed by atoms with Crippen molar-refractivity contribution in [2.75, 3.05) is 5.32 Å². The molecule has 0 saturated carbocycles. The fourth-order valence-corrected chi connectivity index (χ4v) is 1.76. The van der Waals surface area contributed by atoms with Crippen LogP contribution in [-0.2, 0) is 4.79 Å². The molecule has 20 heavy (non-hydrogen) atoms. The van der Waals surface area contributed by atoms with Gasteiger partial charge in [0.05, 0.1) is 6.04 Å². The lowest BCUT2D eigenvalue weighted by Gasteiger charge is -2.17. The van der Waals surface area contributed by atoms with Crippen LogP contribution >= 0.6 is 0 Å². The van der Waals surface area contributed by atoms with Crippen molar-refractivity contribution >= 4 is 11.6 Å². The van der Waals surface area contributed by atoms with Crippen molar-refractivity contribution in [2.45, 2.75) is 26.3 Å². The first-order chi connectivity index (χ1) is 9.61. The highest BCUT2D eigenvalue weighted by molar-refractivity contribution is 5.95. The Morgan fingerprint density at radius 1 is 1.50 bits per heavy atom. The maximum atomic E-state index is 12.0. The number of benzene rings is 1. The van der Waals surface area contributed by atoms with E-state index in [1.165, 1.54) is 0 Å². The van der Waals surface area contributed by atoms with Gasteiger partial charge in [0, 0.05) is 11.3 Å². The van der Waals surface area contributed by atoms with Crippen molar-refractivity contribution in [1.29, 1.82) is 0 Å². The number of carbonyl (C=O) groups excluding carboxylic acids is 1. The summed E-state index contributed by atoms with van der Waals surface area (Å²) in [4.78, 5) is 12.0. The largest absolute Gasteiger partial charge is 0.325 e. The molecule has 106 valence electrons. The van der Waals surface area contributed by atoms with Crippen molar-refractivity contribution in [3.05, 3.63) is 24.3 Å². The Kier molecular flexibility index (Phi) is 4.41. The van der Waals surface area contributed by atoms with Crippen LogP contribution < -0.4 is 11.1 Å². The van der Waals surface area contributed by atoms with Crippen LogP contribution in [0.4, 0.5) is 5.69 Å². The molecule has 1 heterocycles. The molecule has 1 amide bonds. The van der Waals surface area contributed by atoms with E-state index >= 15 is 0 Å². The maximum absolute atomic E-state index is 12.0. The first kappa shape index (κ1) is 14.1. The molecule has 2 aromatic rings. The number of nitrogens with one attached hydrogen (secondary N) is 2. The Balaban J connectivity index is 2.10. The third-order valence-corrected chi connectivity index (χ3v) is 3.29.